The summed E-state index contributed by atoms with van der Waals surface area (Å²) in [6, 6.07) is 13.6. The fraction of sp³-hybridized carbons (Fsp3) is 0.500. The molecule has 0 radical (unpaired) electrons. The van der Waals surface area contributed by atoms with Gasteiger partial charge in [0.15, 0.2) is 23.2 Å². The molecule has 0 heterocycles. The van der Waals surface area contributed by atoms with Crippen molar-refractivity contribution in [1.82, 2.24) is 0 Å². The molecular weight excluding hydrogens is 524 g/mol. The average molecular weight is 567 g/mol. The first kappa shape index (κ1) is 29.7. The van der Waals surface area contributed by atoms with E-state index in [1.54, 1.807) is 0 Å². The third-order valence-corrected chi connectivity index (χ3v) is 9.56. The first-order valence-electron chi connectivity index (χ1n) is 15.6. The lowest BCUT2D eigenvalue weighted by Crippen LogP contribution is -2.30. The van der Waals surface area contributed by atoms with Crippen LogP contribution in [-0.4, -0.2) is 0 Å². The van der Waals surface area contributed by atoms with Crippen molar-refractivity contribution in [2.24, 2.45) is 17.8 Å². The molecule has 0 saturated heterocycles. The predicted molar refractivity (Wildman–Crippen MR) is 157 cm³/mol. The molecular formula is C36H42F4O. The van der Waals surface area contributed by atoms with Crippen LogP contribution in [0, 0.1) is 41.0 Å². The summed E-state index contributed by atoms with van der Waals surface area (Å²) in [5, 5.41) is 0. The molecule has 3 aromatic carbocycles. The van der Waals surface area contributed by atoms with Gasteiger partial charge in [0.2, 0.25) is 5.82 Å². The van der Waals surface area contributed by atoms with Gasteiger partial charge in [-0.05, 0) is 97.4 Å². The highest BCUT2D eigenvalue weighted by Crippen LogP contribution is 2.48. The molecule has 0 spiro atoms. The van der Waals surface area contributed by atoms with E-state index in [1.807, 2.05) is 19.1 Å². The van der Waals surface area contributed by atoms with Crippen molar-refractivity contribution in [2.45, 2.75) is 97.0 Å². The Balaban J connectivity index is 1.20. The van der Waals surface area contributed by atoms with Crippen LogP contribution in [0.4, 0.5) is 17.6 Å². The molecule has 0 aliphatic heterocycles. The van der Waals surface area contributed by atoms with Crippen LogP contribution in [0.2, 0.25) is 0 Å². The van der Waals surface area contributed by atoms with Crippen LogP contribution >= 0.6 is 0 Å². The summed E-state index contributed by atoms with van der Waals surface area (Å²) in [5.74, 6) is -1.64. The molecule has 0 N–H and O–H groups in total. The number of fused-ring (bicyclic) bond motifs is 1. The zero-order chi connectivity index (χ0) is 28.9. The van der Waals surface area contributed by atoms with E-state index < -0.39 is 23.3 Å². The molecule has 5 heteroatoms. The number of rotatable bonds is 10. The maximum atomic E-state index is 15.0. The Morgan fingerprint density at radius 1 is 0.683 bits per heavy atom. The lowest BCUT2D eigenvalue weighted by molar-refractivity contribution is 0.114. The third kappa shape index (κ3) is 6.65. The lowest BCUT2D eigenvalue weighted by Gasteiger charge is -2.42. The molecule has 4 atom stereocenters. The Kier molecular flexibility index (Phi) is 9.72. The van der Waals surface area contributed by atoms with E-state index in [9.17, 15) is 17.6 Å². The normalized spacial score (nSPS) is 22.4. The molecule has 4 unspecified atom stereocenters. The molecule has 0 bridgehead atoms. The van der Waals surface area contributed by atoms with Gasteiger partial charge in [0.1, 0.15) is 6.61 Å². The van der Waals surface area contributed by atoms with Gasteiger partial charge >= 0.3 is 0 Å². The highest BCUT2D eigenvalue weighted by molar-refractivity contribution is 5.66. The molecule has 220 valence electrons. The van der Waals surface area contributed by atoms with Crippen molar-refractivity contribution >= 4 is 0 Å². The Hall–Kier alpha value is -2.82. The number of ether oxygens (including phenoxy) is 1. The maximum Gasteiger partial charge on any atom is 0.201 e. The van der Waals surface area contributed by atoms with Crippen LogP contribution < -0.4 is 4.74 Å². The first-order chi connectivity index (χ1) is 19.9. The van der Waals surface area contributed by atoms with Gasteiger partial charge in [-0.15, -0.1) is 0 Å². The highest BCUT2D eigenvalue weighted by atomic mass is 19.2. The molecule has 2 saturated carbocycles. The van der Waals surface area contributed by atoms with Crippen molar-refractivity contribution in [3.8, 4) is 16.9 Å². The third-order valence-electron chi connectivity index (χ3n) is 9.56. The van der Waals surface area contributed by atoms with Gasteiger partial charge in [-0.2, -0.15) is 4.39 Å². The van der Waals surface area contributed by atoms with Crippen LogP contribution in [0.15, 0.2) is 48.5 Å². The van der Waals surface area contributed by atoms with Crippen molar-refractivity contribution in [2.75, 3.05) is 0 Å². The smallest absolute Gasteiger partial charge is 0.201 e. The molecule has 0 amide bonds. The molecule has 0 aromatic heterocycles. The zero-order valence-corrected chi connectivity index (χ0v) is 24.3. The minimum atomic E-state index is -1.25. The summed E-state index contributed by atoms with van der Waals surface area (Å²) in [4.78, 5) is 0. The van der Waals surface area contributed by atoms with Crippen molar-refractivity contribution in [3.05, 3.63) is 88.5 Å². The van der Waals surface area contributed by atoms with Gasteiger partial charge in [-0.25, -0.2) is 13.2 Å². The summed E-state index contributed by atoms with van der Waals surface area (Å²) in [5.41, 5.74) is 1.82. The number of benzene rings is 3. The fourth-order valence-electron chi connectivity index (χ4n) is 7.22. The monoisotopic (exact) mass is 566 g/mol. The predicted octanol–water partition coefficient (Wildman–Crippen LogP) is 10.9. The SMILES string of the molecule is CCCCc1ccc(-c2ccc(OCc3ccc(C4CCC5CC(CCC)CCC5C4)cc3)c(F)c2F)c(F)c1F. The summed E-state index contributed by atoms with van der Waals surface area (Å²) in [7, 11) is 0. The van der Waals surface area contributed by atoms with Crippen molar-refractivity contribution in [1.29, 1.82) is 0 Å². The van der Waals surface area contributed by atoms with Crippen LogP contribution in [0.25, 0.3) is 11.1 Å². The summed E-state index contributed by atoms with van der Waals surface area (Å²) in [6.07, 6.45) is 12.6. The Labute approximate surface area is 242 Å². The molecule has 3 aromatic rings. The topological polar surface area (TPSA) is 9.23 Å². The zero-order valence-electron chi connectivity index (χ0n) is 24.3. The van der Waals surface area contributed by atoms with Gasteiger partial charge in [-0.3, -0.25) is 0 Å². The van der Waals surface area contributed by atoms with Gasteiger partial charge in [0, 0.05) is 11.1 Å². The van der Waals surface area contributed by atoms with Gasteiger partial charge < -0.3 is 4.74 Å². The van der Waals surface area contributed by atoms with E-state index in [0.717, 1.165) is 29.7 Å². The quantitative estimate of drug-likeness (QED) is 0.222. The first-order valence-corrected chi connectivity index (χ1v) is 15.6. The second-order valence-electron chi connectivity index (χ2n) is 12.3. The number of aryl methyl sites for hydroxylation is 1. The number of halogens is 4. The molecule has 5 rings (SSSR count). The average Bonchev–Trinajstić information content (AvgIpc) is 2.99. The standard InChI is InChI=1S/C36H42F4O/c1-3-5-7-26-16-17-30(34(38)33(26)37)31-18-19-32(36(40)35(31)39)41-22-24-9-11-25(12-10-24)28-15-14-27-20-23(6-4-2)8-13-29(27)21-28/h9-12,16-19,23,27-29H,3-8,13-15,20-22H2,1-2H3. The Morgan fingerprint density at radius 2 is 1.37 bits per heavy atom. The van der Waals surface area contributed by atoms with E-state index in [-0.39, 0.29) is 29.0 Å². The minimum absolute atomic E-state index is 0.0826. The highest BCUT2D eigenvalue weighted by Gasteiger charge is 2.35. The van der Waals surface area contributed by atoms with Gasteiger partial charge in [-0.1, -0.05) is 75.9 Å². The van der Waals surface area contributed by atoms with Gasteiger partial charge in [0.05, 0.1) is 0 Å². The Bertz CT molecular complexity index is 1320. The van der Waals surface area contributed by atoms with Crippen LogP contribution in [-0.2, 0) is 13.0 Å². The second kappa shape index (κ2) is 13.4. The van der Waals surface area contributed by atoms with Crippen LogP contribution in [0.1, 0.15) is 101 Å². The maximum absolute atomic E-state index is 15.0. The van der Waals surface area contributed by atoms with Crippen molar-refractivity contribution < 1.29 is 22.3 Å². The summed E-state index contributed by atoms with van der Waals surface area (Å²) >= 11 is 0. The molecule has 1 nitrogen and oxygen atoms in total. The van der Waals surface area contributed by atoms with E-state index >= 15 is 0 Å². The summed E-state index contributed by atoms with van der Waals surface area (Å²) < 4.78 is 64.8. The van der Waals surface area contributed by atoms with E-state index in [2.05, 4.69) is 19.1 Å². The van der Waals surface area contributed by atoms with E-state index in [4.69, 9.17) is 4.74 Å². The van der Waals surface area contributed by atoms with Crippen LogP contribution in [0.5, 0.6) is 5.75 Å². The molecule has 41 heavy (non-hydrogen) atoms. The number of unbranched alkanes of at least 4 members (excludes halogenated alkanes) is 1. The molecule has 2 aliphatic carbocycles. The molecule has 2 aliphatic rings. The largest absolute Gasteiger partial charge is 0.486 e. The van der Waals surface area contributed by atoms with E-state index in [0.29, 0.717) is 18.8 Å². The van der Waals surface area contributed by atoms with Crippen molar-refractivity contribution in [3.63, 3.8) is 0 Å². The van der Waals surface area contributed by atoms with Crippen LogP contribution in [0.3, 0.4) is 0 Å². The van der Waals surface area contributed by atoms with E-state index in [1.165, 1.54) is 81.2 Å². The fourth-order valence-corrected chi connectivity index (χ4v) is 7.22. The molecule has 2 fully saturated rings. The minimum Gasteiger partial charge on any atom is -0.486 e. The number of hydrogen-bond donors (Lipinski definition) is 0. The van der Waals surface area contributed by atoms with Gasteiger partial charge in [0.25, 0.3) is 0 Å². The second-order valence-corrected chi connectivity index (χ2v) is 12.3. The number of hydrogen-bond acceptors (Lipinski definition) is 1. The lowest BCUT2D eigenvalue weighted by atomic mass is 9.63. The Morgan fingerprint density at radius 3 is 2.10 bits per heavy atom. The summed E-state index contributed by atoms with van der Waals surface area (Å²) in [6.45, 7) is 4.34.